The number of para-hydroxylation sites is 3. The van der Waals surface area contributed by atoms with Crippen molar-refractivity contribution in [3.05, 3.63) is 88.9 Å². The minimum Gasteiger partial charge on any atom is -0.508 e. The average molecular weight is 465 g/mol. The highest BCUT2D eigenvalue weighted by molar-refractivity contribution is 9.10. The summed E-state index contributed by atoms with van der Waals surface area (Å²) in [5.41, 5.74) is 1.71. The summed E-state index contributed by atoms with van der Waals surface area (Å²) in [5.74, 6) is -1.52. The van der Waals surface area contributed by atoms with Crippen LogP contribution in [0.1, 0.15) is 11.6 Å². The summed E-state index contributed by atoms with van der Waals surface area (Å²) in [4.78, 5) is 34.0. The van der Waals surface area contributed by atoms with E-state index in [1.807, 2.05) is 36.4 Å². The van der Waals surface area contributed by atoms with Crippen molar-refractivity contribution in [3.8, 4) is 5.75 Å². The molecule has 0 radical (unpaired) electrons. The Balaban J connectivity index is 1.62. The Hall–Kier alpha value is -3.16. The number of aromatic hydroxyl groups is 1. The van der Waals surface area contributed by atoms with Crippen molar-refractivity contribution in [2.75, 3.05) is 9.96 Å². The standard InChI is InChI=1S/C23H17BrN2O4/c24-16-11-5-6-12-17(16)25-22(28)19-20(15-10-4-7-13-18(15)27)26(30-21(19)23(25)29)14-8-2-1-3-9-14/h1-13,19-21,27H/t19-,20-,21+/m0/s1. The van der Waals surface area contributed by atoms with E-state index >= 15 is 0 Å². The van der Waals surface area contributed by atoms with Crippen LogP contribution in [0, 0.1) is 5.92 Å². The number of phenolic OH excluding ortho intramolecular Hbond substituents is 1. The second-order valence-corrected chi connectivity index (χ2v) is 8.03. The van der Waals surface area contributed by atoms with Crippen LogP contribution < -0.4 is 9.96 Å². The number of hydrogen-bond donors (Lipinski definition) is 1. The molecule has 2 saturated heterocycles. The van der Waals surface area contributed by atoms with E-state index in [9.17, 15) is 14.7 Å². The molecule has 3 aromatic carbocycles. The molecule has 0 spiro atoms. The van der Waals surface area contributed by atoms with E-state index in [1.54, 1.807) is 47.5 Å². The molecule has 5 rings (SSSR count). The number of amides is 2. The molecule has 6 nitrogen and oxygen atoms in total. The smallest absolute Gasteiger partial charge is 0.266 e. The van der Waals surface area contributed by atoms with Crippen LogP contribution in [0.2, 0.25) is 0 Å². The number of rotatable bonds is 3. The number of nitrogens with zero attached hydrogens (tertiary/aromatic N) is 2. The number of benzene rings is 3. The summed E-state index contributed by atoms with van der Waals surface area (Å²) in [6, 6.07) is 22.5. The lowest BCUT2D eigenvalue weighted by Gasteiger charge is -2.29. The molecule has 0 aromatic heterocycles. The van der Waals surface area contributed by atoms with Gasteiger partial charge < -0.3 is 5.11 Å². The van der Waals surface area contributed by atoms with Gasteiger partial charge in [-0.2, -0.15) is 0 Å². The first-order valence-corrected chi connectivity index (χ1v) is 10.3. The van der Waals surface area contributed by atoms with Gasteiger partial charge in [0.2, 0.25) is 5.91 Å². The molecule has 2 amide bonds. The van der Waals surface area contributed by atoms with E-state index < -0.39 is 24.0 Å². The van der Waals surface area contributed by atoms with Crippen LogP contribution in [0.15, 0.2) is 83.3 Å². The fourth-order valence-electron chi connectivity index (χ4n) is 4.14. The molecule has 2 aliphatic rings. The normalized spacial score (nSPS) is 23.2. The maximum absolute atomic E-state index is 13.5. The Morgan fingerprint density at radius 2 is 1.50 bits per heavy atom. The Morgan fingerprint density at radius 1 is 0.833 bits per heavy atom. The summed E-state index contributed by atoms with van der Waals surface area (Å²) < 4.78 is 0.644. The number of carbonyl (C=O) groups excluding carboxylic acids is 2. The number of hydroxylamine groups is 1. The largest absolute Gasteiger partial charge is 0.508 e. The molecular formula is C23H17BrN2O4. The van der Waals surface area contributed by atoms with E-state index in [2.05, 4.69) is 15.9 Å². The van der Waals surface area contributed by atoms with Crippen LogP contribution in [0.4, 0.5) is 11.4 Å². The predicted octanol–water partition coefficient (Wildman–Crippen LogP) is 4.21. The molecule has 7 heteroatoms. The van der Waals surface area contributed by atoms with Crippen molar-refractivity contribution in [1.29, 1.82) is 0 Å². The van der Waals surface area contributed by atoms with Crippen LogP contribution >= 0.6 is 15.9 Å². The Bertz CT molecular complexity index is 1140. The second-order valence-electron chi connectivity index (χ2n) is 7.18. The van der Waals surface area contributed by atoms with Gasteiger partial charge >= 0.3 is 0 Å². The number of halogens is 1. The van der Waals surface area contributed by atoms with Gasteiger partial charge in [-0.15, -0.1) is 0 Å². The predicted molar refractivity (Wildman–Crippen MR) is 115 cm³/mol. The molecule has 0 saturated carbocycles. The van der Waals surface area contributed by atoms with Gasteiger partial charge in [0.05, 0.1) is 17.4 Å². The second kappa shape index (κ2) is 7.27. The average Bonchev–Trinajstić information content (AvgIpc) is 3.26. The first-order chi connectivity index (χ1) is 14.6. The fourth-order valence-corrected chi connectivity index (χ4v) is 4.60. The van der Waals surface area contributed by atoms with Crippen molar-refractivity contribution in [1.82, 2.24) is 0 Å². The molecule has 0 unspecified atom stereocenters. The first kappa shape index (κ1) is 18.8. The van der Waals surface area contributed by atoms with Crippen molar-refractivity contribution in [3.63, 3.8) is 0 Å². The van der Waals surface area contributed by atoms with Crippen LogP contribution in [-0.2, 0) is 14.4 Å². The topological polar surface area (TPSA) is 70.1 Å². The number of fused-ring (bicyclic) bond motifs is 1. The molecule has 3 aromatic rings. The number of hydrogen-bond acceptors (Lipinski definition) is 5. The highest BCUT2D eigenvalue weighted by Gasteiger charge is 2.60. The number of carbonyl (C=O) groups is 2. The van der Waals surface area contributed by atoms with Gasteiger partial charge in [-0.05, 0) is 46.3 Å². The highest BCUT2D eigenvalue weighted by atomic mass is 79.9. The molecule has 1 N–H and O–H groups in total. The zero-order valence-corrected chi connectivity index (χ0v) is 17.3. The zero-order chi connectivity index (χ0) is 20.8. The third kappa shape index (κ3) is 2.81. The van der Waals surface area contributed by atoms with Crippen LogP contribution in [0.5, 0.6) is 5.75 Å². The van der Waals surface area contributed by atoms with Crippen LogP contribution in [-0.4, -0.2) is 23.0 Å². The SMILES string of the molecule is O=C1[C@@H]2[C@@H](ON(c3ccccc3)[C@H]2c2ccccc2O)C(=O)N1c1ccccc1Br. The van der Waals surface area contributed by atoms with E-state index in [4.69, 9.17) is 4.84 Å². The van der Waals surface area contributed by atoms with Crippen LogP contribution in [0.3, 0.4) is 0 Å². The van der Waals surface area contributed by atoms with Gasteiger partial charge in [0.15, 0.2) is 6.10 Å². The van der Waals surface area contributed by atoms with Gasteiger partial charge in [-0.1, -0.05) is 48.5 Å². The Morgan fingerprint density at radius 3 is 2.23 bits per heavy atom. The van der Waals surface area contributed by atoms with Gasteiger partial charge in [0.25, 0.3) is 5.91 Å². The minimum atomic E-state index is -0.977. The maximum atomic E-state index is 13.5. The van der Waals surface area contributed by atoms with Gasteiger partial charge in [-0.25, -0.2) is 9.96 Å². The molecule has 2 fully saturated rings. The zero-order valence-electron chi connectivity index (χ0n) is 15.7. The Labute approximate surface area is 181 Å². The van der Waals surface area contributed by atoms with Gasteiger partial charge in [-0.3, -0.25) is 14.4 Å². The third-order valence-corrected chi connectivity index (χ3v) is 6.15. The van der Waals surface area contributed by atoms with Gasteiger partial charge in [0, 0.05) is 10.0 Å². The molecule has 0 bridgehead atoms. The summed E-state index contributed by atoms with van der Waals surface area (Å²) in [6.07, 6.45) is -0.977. The third-order valence-electron chi connectivity index (χ3n) is 5.47. The number of imide groups is 1. The molecule has 2 heterocycles. The van der Waals surface area contributed by atoms with Crippen LogP contribution in [0.25, 0.3) is 0 Å². The molecule has 150 valence electrons. The molecule has 0 aliphatic carbocycles. The summed E-state index contributed by atoms with van der Waals surface area (Å²) in [5, 5.41) is 12.1. The fraction of sp³-hybridized carbons (Fsp3) is 0.130. The summed E-state index contributed by atoms with van der Waals surface area (Å²) in [6.45, 7) is 0. The highest BCUT2D eigenvalue weighted by Crippen LogP contribution is 2.49. The summed E-state index contributed by atoms with van der Waals surface area (Å²) >= 11 is 3.42. The van der Waals surface area contributed by atoms with Gasteiger partial charge in [0.1, 0.15) is 11.7 Å². The number of anilines is 2. The number of phenols is 1. The van der Waals surface area contributed by atoms with E-state index in [0.717, 1.165) is 0 Å². The molecule has 30 heavy (non-hydrogen) atoms. The Kier molecular flexibility index (Phi) is 4.56. The van der Waals surface area contributed by atoms with E-state index in [-0.39, 0.29) is 11.7 Å². The lowest BCUT2D eigenvalue weighted by Crippen LogP contribution is -2.37. The summed E-state index contributed by atoms with van der Waals surface area (Å²) in [7, 11) is 0. The van der Waals surface area contributed by atoms with Crippen molar-refractivity contribution < 1.29 is 19.5 Å². The van der Waals surface area contributed by atoms with Crippen molar-refractivity contribution >= 4 is 39.1 Å². The van der Waals surface area contributed by atoms with E-state index in [1.165, 1.54) is 4.90 Å². The molecular weight excluding hydrogens is 448 g/mol. The van der Waals surface area contributed by atoms with E-state index in [0.29, 0.717) is 21.4 Å². The lowest BCUT2D eigenvalue weighted by molar-refractivity contribution is -0.126. The first-order valence-electron chi connectivity index (χ1n) is 9.49. The molecule has 3 atom stereocenters. The quantitative estimate of drug-likeness (QED) is 0.588. The van der Waals surface area contributed by atoms with Crippen molar-refractivity contribution in [2.45, 2.75) is 12.1 Å². The maximum Gasteiger partial charge on any atom is 0.266 e. The monoisotopic (exact) mass is 464 g/mol. The van der Waals surface area contributed by atoms with Crippen molar-refractivity contribution in [2.24, 2.45) is 5.92 Å². The minimum absolute atomic E-state index is 0.0484. The lowest BCUT2D eigenvalue weighted by atomic mass is 9.90. The molecule has 2 aliphatic heterocycles.